The van der Waals surface area contributed by atoms with Gasteiger partial charge < -0.3 is 25.2 Å². The Labute approximate surface area is 377 Å². The van der Waals surface area contributed by atoms with Crippen LogP contribution in [0.25, 0.3) is 22.3 Å². The number of nitrogens with one attached hydrogen (secondary N) is 1. The molecule has 0 bridgehead atoms. The number of benzene rings is 3. The lowest BCUT2D eigenvalue weighted by molar-refractivity contribution is -0.136. The molecule has 336 valence electrons. The maximum Gasteiger partial charge on any atom is 0.320 e. The summed E-state index contributed by atoms with van der Waals surface area (Å²) in [5.41, 5.74) is 10.3. The maximum absolute atomic E-state index is 13.7. The fourth-order valence-corrected chi connectivity index (χ4v) is 10.5. The first-order valence-corrected chi connectivity index (χ1v) is 23.1. The molecule has 5 aliphatic heterocycles. The molecule has 10 rings (SSSR count). The molecule has 1 atom stereocenters. The summed E-state index contributed by atoms with van der Waals surface area (Å²) in [7, 11) is 0. The van der Waals surface area contributed by atoms with Crippen molar-refractivity contribution in [3.63, 3.8) is 0 Å². The molecule has 0 radical (unpaired) electrons. The van der Waals surface area contributed by atoms with Gasteiger partial charge in [-0.3, -0.25) is 29.4 Å². The molecule has 16 nitrogen and oxygen atoms in total. The summed E-state index contributed by atoms with van der Waals surface area (Å²) in [5.74, 6) is 1.19. The number of hydrogen-bond donors (Lipinski definition) is 2. The minimum Gasteiger partial charge on any atom is -0.457 e. The molecule has 2 aromatic heterocycles. The van der Waals surface area contributed by atoms with Crippen LogP contribution in [0, 0.1) is 11.8 Å². The summed E-state index contributed by atoms with van der Waals surface area (Å²) in [4.78, 5) is 80.6. The molecule has 4 fully saturated rings. The number of imide groups is 2. The van der Waals surface area contributed by atoms with Gasteiger partial charge in [0.25, 0.3) is 11.8 Å². The molecule has 16 heteroatoms. The molecule has 1 unspecified atom stereocenters. The van der Waals surface area contributed by atoms with E-state index in [4.69, 9.17) is 15.6 Å². The van der Waals surface area contributed by atoms with Gasteiger partial charge in [-0.15, -0.1) is 0 Å². The summed E-state index contributed by atoms with van der Waals surface area (Å²) >= 11 is 0. The number of anilines is 2. The highest BCUT2D eigenvalue weighted by atomic mass is 16.5. The van der Waals surface area contributed by atoms with E-state index in [1.807, 2.05) is 75.1 Å². The minimum absolute atomic E-state index is 0.0693. The number of carbonyl (C=O) groups excluding carboxylic acids is 5. The van der Waals surface area contributed by atoms with E-state index in [0.717, 1.165) is 103 Å². The predicted octanol–water partition coefficient (Wildman–Crippen LogP) is 6.82. The van der Waals surface area contributed by atoms with Crippen molar-refractivity contribution in [2.24, 2.45) is 11.8 Å². The third kappa shape index (κ3) is 8.49. The van der Waals surface area contributed by atoms with Gasteiger partial charge in [0.1, 0.15) is 35.4 Å². The van der Waals surface area contributed by atoms with Crippen LogP contribution in [-0.2, 0) is 9.59 Å². The number of aromatic nitrogens is 4. The summed E-state index contributed by atoms with van der Waals surface area (Å²) in [6.07, 6.45) is 11.0. The number of amides is 6. The van der Waals surface area contributed by atoms with Gasteiger partial charge in [-0.05, 0) is 111 Å². The Balaban J connectivity index is 0.663. The topological polar surface area (TPSA) is 189 Å². The zero-order valence-electron chi connectivity index (χ0n) is 36.4. The van der Waals surface area contributed by atoms with Crippen molar-refractivity contribution in [2.75, 3.05) is 49.9 Å². The average molecular weight is 879 g/mol. The Morgan fingerprint density at radius 2 is 1.37 bits per heavy atom. The van der Waals surface area contributed by atoms with Crippen LogP contribution in [0.3, 0.4) is 0 Å². The fourth-order valence-electron chi connectivity index (χ4n) is 10.5. The minimum atomic E-state index is -0.967. The van der Waals surface area contributed by atoms with Gasteiger partial charge >= 0.3 is 6.03 Å². The quantitative estimate of drug-likeness (QED) is 0.140. The Kier molecular flexibility index (Phi) is 11.6. The number of likely N-dealkylation sites (tertiary alicyclic amines) is 2. The van der Waals surface area contributed by atoms with E-state index in [-0.39, 0.29) is 30.8 Å². The number of rotatable bonds is 10. The number of piperidine rings is 4. The molecule has 7 heterocycles. The lowest BCUT2D eigenvalue weighted by Gasteiger charge is -2.39. The first kappa shape index (κ1) is 42.1. The van der Waals surface area contributed by atoms with Crippen molar-refractivity contribution >= 4 is 52.2 Å². The predicted molar refractivity (Wildman–Crippen MR) is 243 cm³/mol. The Morgan fingerprint density at radius 3 is 2.06 bits per heavy atom. The van der Waals surface area contributed by atoms with Gasteiger partial charge in [-0.1, -0.05) is 37.5 Å². The smallest absolute Gasteiger partial charge is 0.320 e. The number of nitrogens with two attached hydrogens (primary N) is 1. The van der Waals surface area contributed by atoms with Gasteiger partial charge in [-0.25, -0.2) is 19.4 Å². The van der Waals surface area contributed by atoms with Gasteiger partial charge in [0.2, 0.25) is 11.8 Å². The van der Waals surface area contributed by atoms with Crippen molar-refractivity contribution in [3.8, 4) is 22.8 Å². The monoisotopic (exact) mass is 878 g/mol. The third-order valence-electron chi connectivity index (χ3n) is 14.2. The lowest BCUT2D eigenvalue weighted by Crippen LogP contribution is -2.54. The van der Waals surface area contributed by atoms with Crippen molar-refractivity contribution in [2.45, 2.75) is 82.7 Å². The Morgan fingerprint density at radius 1 is 0.723 bits per heavy atom. The highest BCUT2D eigenvalue weighted by Gasteiger charge is 2.45. The summed E-state index contributed by atoms with van der Waals surface area (Å²) < 4.78 is 7.98. The van der Waals surface area contributed by atoms with Gasteiger partial charge in [0, 0.05) is 56.9 Å². The highest BCUT2D eigenvalue weighted by Crippen LogP contribution is 2.37. The first-order valence-electron chi connectivity index (χ1n) is 23.1. The van der Waals surface area contributed by atoms with Crippen LogP contribution in [0.5, 0.6) is 11.5 Å². The van der Waals surface area contributed by atoms with Gasteiger partial charge in [-0.2, -0.15) is 5.10 Å². The number of nitrogen functional groups attached to an aromatic ring is 1. The SMILES string of the molecule is Nc1ncnc2c1c(-c1ccc(Oc3ccccc3)cc1)nn2C1CCN(C(=O)N2CCC(CCCC3CCN(c4ccc5c(c4)C(=O)N(C4CCC(=O)NC4=O)C5=O)CC3)CC2)CC1. The number of nitrogens with zero attached hydrogens (tertiary/aromatic N) is 8. The fraction of sp³-hybridized carbons (Fsp3) is 0.429. The second-order valence-corrected chi connectivity index (χ2v) is 18.2. The van der Waals surface area contributed by atoms with Crippen LogP contribution in [0.1, 0.15) is 97.4 Å². The summed E-state index contributed by atoms with van der Waals surface area (Å²) in [5, 5.41) is 8.05. The molecule has 0 aliphatic carbocycles. The number of ether oxygens (including phenoxy) is 1. The van der Waals surface area contributed by atoms with E-state index in [0.29, 0.717) is 47.5 Å². The van der Waals surface area contributed by atoms with Gasteiger partial charge in [0.15, 0.2) is 5.65 Å². The van der Waals surface area contributed by atoms with Crippen molar-refractivity contribution < 1.29 is 28.7 Å². The summed E-state index contributed by atoms with van der Waals surface area (Å²) in [6.45, 7) is 4.64. The van der Waals surface area contributed by atoms with Crippen LogP contribution in [0.15, 0.2) is 79.1 Å². The van der Waals surface area contributed by atoms with Crippen molar-refractivity contribution in [1.29, 1.82) is 0 Å². The molecular formula is C49H54N10O6. The molecule has 4 saturated heterocycles. The lowest BCUT2D eigenvalue weighted by atomic mass is 9.86. The van der Waals surface area contributed by atoms with Crippen LogP contribution in [0.4, 0.5) is 16.3 Å². The molecule has 65 heavy (non-hydrogen) atoms. The standard InChI is InChI=1S/C49H54N10O6/c50-44-42-43(33-9-12-37(13-10-33)65-36-7-2-1-3-8-36)54-59(45(42)52-30-51-44)34-21-27-57(28-22-34)49(64)56-25-19-32(20-26-56)6-4-5-31-17-23-55(24-18-31)35-11-14-38-39(29-35)48(63)58(47(38)62)40-15-16-41(60)53-46(40)61/h1-3,7-14,29-32,34,40H,4-6,15-28H2,(H2,50,51,52)(H,53,60,61). The zero-order valence-corrected chi connectivity index (χ0v) is 36.4. The van der Waals surface area contributed by atoms with Crippen molar-refractivity contribution in [1.82, 2.24) is 39.8 Å². The second-order valence-electron chi connectivity index (χ2n) is 18.2. The van der Waals surface area contributed by atoms with Crippen molar-refractivity contribution in [3.05, 3.63) is 90.3 Å². The van der Waals surface area contributed by atoms with Gasteiger partial charge in [0.05, 0.1) is 22.6 Å². The number of carbonyl (C=O) groups is 5. The molecule has 5 aromatic rings. The van der Waals surface area contributed by atoms with E-state index >= 15 is 0 Å². The molecule has 0 saturated carbocycles. The Hall–Kier alpha value is -6.84. The molecule has 3 aromatic carbocycles. The normalized spacial score (nSPS) is 20.2. The second kappa shape index (κ2) is 18.0. The first-order chi connectivity index (χ1) is 31.7. The number of urea groups is 1. The molecule has 0 spiro atoms. The Bertz CT molecular complexity index is 2610. The van der Waals surface area contributed by atoms with Crippen LogP contribution >= 0.6 is 0 Å². The molecule has 3 N–H and O–H groups in total. The van der Waals surface area contributed by atoms with E-state index in [2.05, 4.69) is 20.2 Å². The summed E-state index contributed by atoms with van der Waals surface area (Å²) in [6, 6.07) is 22.1. The molecule has 5 aliphatic rings. The molecular weight excluding hydrogens is 825 g/mol. The van der Waals surface area contributed by atoms with E-state index in [1.54, 1.807) is 12.1 Å². The number of para-hydroxylation sites is 1. The number of hydrogen-bond acceptors (Lipinski definition) is 11. The van der Waals surface area contributed by atoms with E-state index in [1.165, 1.54) is 25.6 Å². The highest BCUT2D eigenvalue weighted by molar-refractivity contribution is 6.23. The third-order valence-corrected chi connectivity index (χ3v) is 14.2. The maximum atomic E-state index is 13.7. The largest absolute Gasteiger partial charge is 0.457 e. The average Bonchev–Trinajstić information content (AvgIpc) is 3.84. The number of fused-ring (bicyclic) bond motifs is 2. The zero-order chi connectivity index (χ0) is 44.6. The van der Waals surface area contributed by atoms with Crippen LogP contribution < -0.4 is 20.7 Å². The van der Waals surface area contributed by atoms with E-state index in [9.17, 15) is 24.0 Å². The van der Waals surface area contributed by atoms with E-state index < -0.39 is 23.8 Å². The van der Waals surface area contributed by atoms with Crippen LogP contribution in [0.2, 0.25) is 0 Å². The molecule has 6 amide bonds. The van der Waals surface area contributed by atoms with Crippen LogP contribution in [-0.4, -0.2) is 109 Å².